The number of pyridine rings is 1. The minimum atomic E-state index is -0.188. The smallest absolute Gasteiger partial charge is 0.298 e. The number of rotatable bonds is 4. The van der Waals surface area contributed by atoms with Crippen molar-refractivity contribution in [3.63, 3.8) is 0 Å². The molecule has 0 radical (unpaired) electrons. The molecule has 0 aromatic carbocycles. The van der Waals surface area contributed by atoms with E-state index in [0.717, 1.165) is 6.29 Å². The number of anilines is 1. The second-order valence-corrected chi connectivity index (χ2v) is 2.71. The molecule has 0 bridgehead atoms. The Balaban J connectivity index is 2.73. The molecule has 1 aromatic heterocycles. The van der Waals surface area contributed by atoms with Crippen LogP contribution in [0.25, 0.3) is 0 Å². The molecule has 1 amide bonds. The van der Waals surface area contributed by atoms with Crippen molar-refractivity contribution >= 4 is 18.0 Å². The van der Waals surface area contributed by atoms with Crippen molar-refractivity contribution in [2.45, 2.75) is 13.5 Å². The van der Waals surface area contributed by atoms with E-state index in [0.29, 0.717) is 5.82 Å². The molecule has 1 heterocycles. The average Bonchev–Trinajstić information content (AvgIpc) is 2.17. The quantitative estimate of drug-likeness (QED) is 0.391. The SMILES string of the molecule is CC(=O)NNc1cccc[n+]1CC=O. The van der Waals surface area contributed by atoms with E-state index in [1.807, 2.05) is 12.1 Å². The highest BCUT2D eigenvalue weighted by molar-refractivity contribution is 5.74. The van der Waals surface area contributed by atoms with Gasteiger partial charge >= 0.3 is 0 Å². The molecule has 0 fully saturated rings. The van der Waals surface area contributed by atoms with Crippen LogP contribution in [0.2, 0.25) is 0 Å². The summed E-state index contributed by atoms with van der Waals surface area (Å²) in [6, 6.07) is 5.38. The van der Waals surface area contributed by atoms with Crippen molar-refractivity contribution in [3.05, 3.63) is 24.4 Å². The van der Waals surface area contributed by atoms with E-state index in [1.165, 1.54) is 6.92 Å². The molecule has 0 aliphatic heterocycles. The van der Waals surface area contributed by atoms with Crippen LogP contribution in [-0.2, 0) is 16.1 Å². The van der Waals surface area contributed by atoms with Crippen molar-refractivity contribution in [1.82, 2.24) is 5.43 Å². The van der Waals surface area contributed by atoms with E-state index in [4.69, 9.17) is 0 Å². The number of nitrogens with zero attached hydrogens (tertiary/aromatic N) is 1. The maximum atomic E-state index is 10.6. The minimum absolute atomic E-state index is 0.188. The Morgan fingerprint density at radius 3 is 3.00 bits per heavy atom. The Morgan fingerprint density at radius 1 is 1.57 bits per heavy atom. The summed E-state index contributed by atoms with van der Waals surface area (Å²) in [4.78, 5) is 21.0. The Morgan fingerprint density at radius 2 is 2.36 bits per heavy atom. The molecule has 14 heavy (non-hydrogen) atoms. The van der Waals surface area contributed by atoms with Crippen LogP contribution in [0.15, 0.2) is 24.4 Å². The zero-order chi connectivity index (χ0) is 10.4. The van der Waals surface area contributed by atoms with Gasteiger partial charge in [-0.15, -0.1) is 0 Å². The fourth-order valence-electron chi connectivity index (χ4n) is 0.981. The molecule has 0 spiro atoms. The highest BCUT2D eigenvalue weighted by Gasteiger charge is 2.06. The van der Waals surface area contributed by atoms with Gasteiger partial charge in [0.1, 0.15) is 6.54 Å². The van der Waals surface area contributed by atoms with Crippen LogP contribution in [0.4, 0.5) is 5.82 Å². The highest BCUT2D eigenvalue weighted by Crippen LogP contribution is 1.95. The van der Waals surface area contributed by atoms with E-state index < -0.39 is 0 Å². The molecular formula is C9H12N3O2+. The number of hydrogen-bond acceptors (Lipinski definition) is 3. The van der Waals surface area contributed by atoms with Gasteiger partial charge in [-0.05, 0) is 6.07 Å². The van der Waals surface area contributed by atoms with Gasteiger partial charge in [0.2, 0.25) is 0 Å². The van der Waals surface area contributed by atoms with Gasteiger partial charge in [0.25, 0.3) is 11.7 Å². The summed E-state index contributed by atoms with van der Waals surface area (Å²) in [6.07, 6.45) is 2.54. The Bertz CT molecular complexity index is 339. The number of aldehydes is 1. The molecule has 5 nitrogen and oxygen atoms in total. The summed E-state index contributed by atoms with van der Waals surface area (Å²) in [5.74, 6) is 0.473. The van der Waals surface area contributed by atoms with Gasteiger partial charge in [-0.1, -0.05) is 6.07 Å². The predicted octanol–water partition coefficient (Wildman–Crippen LogP) is -0.364. The standard InChI is InChI=1S/C9H11N3O2/c1-8(14)10-11-9-4-2-3-5-12(9)6-7-13/h2-5,7H,6H2,1H3,(H,10,14)/p+1. The van der Waals surface area contributed by atoms with Gasteiger partial charge in [0.15, 0.2) is 6.29 Å². The first-order valence-corrected chi connectivity index (χ1v) is 4.18. The molecule has 0 saturated heterocycles. The number of hydrazine groups is 1. The Labute approximate surface area is 81.7 Å². The van der Waals surface area contributed by atoms with Crippen LogP contribution < -0.4 is 15.4 Å². The molecule has 0 saturated carbocycles. The van der Waals surface area contributed by atoms with Crippen molar-refractivity contribution in [2.75, 3.05) is 5.43 Å². The van der Waals surface area contributed by atoms with Gasteiger partial charge in [0.05, 0.1) is 6.20 Å². The van der Waals surface area contributed by atoms with Crippen LogP contribution >= 0.6 is 0 Å². The third-order valence-electron chi connectivity index (χ3n) is 1.58. The monoisotopic (exact) mass is 194 g/mol. The van der Waals surface area contributed by atoms with Crippen molar-refractivity contribution in [3.8, 4) is 0 Å². The molecule has 74 valence electrons. The maximum absolute atomic E-state index is 10.6. The number of carbonyl (C=O) groups excluding carboxylic acids is 2. The molecular weight excluding hydrogens is 182 g/mol. The summed E-state index contributed by atoms with van der Waals surface area (Å²) in [7, 11) is 0. The third-order valence-corrected chi connectivity index (χ3v) is 1.58. The Hall–Kier alpha value is -1.91. The summed E-state index contributed by atoms with van der Waals surface area (Å²) < 4.78 is 1.68. The van der Waals surface area contributed by atoms with Crippen molar-refractivity contribution in [1.29, 1.82) is 0 Å². The van der Waals surface area contributed by atoms with Crippen LogP contribution in [0.1, 0.15) is 6.92 Å². The number of hydrogen-bond donors (Lipinski definition) is 2. The summed E-state index contributed by atoms with van der Waals surface area (Å²) in [5.41, 5.74) is 5.14. The summed E-state index contributed by atoms with van der Waals surface area (Å²) in [6.45, 7) is 1.66. The molecule has 5 heteroatoms. The van der Waals surface area contributed by atoms with Crippen molar-refractivity contribution < 1.29 is 14.2 Å². The van der Waals surface area contributed by atoms with Gasteiger partial charge in [-0.3, -0.25) is 9.59 Å². The lowest BCUT2D eigenvalue weighted by molar-refractivity contribution is -0.669. The summed E-state index contributed by atoms with van der Waals surface area (Å²) in [5, 5.41) is 0. The maximum Gasteiger partial charge on any atom is 0.298 e. The first-order valence-electron chi connectivity index (χ1n) is 4.18. The van der Waals surface area contributed by atoms with Crippen LogP contribution in [0.3, 0.4) is 0 Å². The molecule has 1 rings (SSSR count). The third kappa shape index (κ3) is 2.85. The number of amides is 1. The van der Waals surface area contributed by atoms with Gasteiger partial charge in [-0.25, -0.2) is 4.57 Å². The van der Waals surface area contributed by atoms with E-state index >= 15 is 0 Å². The van der Waals surface area contributed by atoms with Gasteiger partial charge in [0, 0.05) is 13.0 Å². The summed E-state index contributed by atoms with van der Waals surface area (Å²) >= 11 is 0. The second kappa shape index (κ2) is 4.96. The fraction of sp³-hybridized carbons (Fsp3) is 0.222. The number of carbonyl (C=O) groups is 2. The molecule has 0 aliphatic rings. The highest BCUT2D eigenvalue weighted by atomic mass is 16.2. The lowest BCUT2D eigenvalue weighted by atomic mass is 10.4. The van der Waals surface area contributed by atoms with Crippen LogP contribution in [0, 0.1) is 0 Å². The lowest BCUT2D eigenvalue weighted by Gasteiger charge is -2.03. The van der Waals surface area contributed by atoms with Crippen molar-refractivity contribution in [2.24, 2.45) is 0 Å². The average molecular weight is 194 g/mol. The topological polar surface area (TPSA) is 62.1 Å². The lowest BCUT2D eigenvalue weighted by Crippen LogP contribution is -2.41. The zero-order valence-corrected chi connectivity index (χ0v) is 7.86. The largest absolute Gasteiger partial charge is 0.299 e. The molecule has 2 N–H and O–H groups in total. The van der Waals surface area contributed by atoms with Gasteiger partial charge < -0.3 is 0 Å². The predicted molar refractivity (Wildman–Crippen MR) is 50.1 cm³/mol. The van der Waals surface area contributed by atoms with Gasteiger partial charge in [-0.2, -0.15) is 10.9 Å². The van der Waals surface area contributed by atoms with E-state index in [2.05, 4.69) is 10.9 Å². The van der Waals surface area contributed by atoms with Crippen LogP contribution in [0.5, 0.6) is 0 Å². The second-order valence-electron chi connectivity index (χ2n) is 2.71. The van der Waals surface area contributed by atoms with E-state index in [-0.39, 0.29) is 12.5 Å². The fourth-order valence-corrected chi connectivity index (χ4v) is 0.981. The first kappa shape index (κ1) is 10.2. The number of nitrogens with one attached hydrogen (secondary N) is 2. The van der Waals surface area contributed by atoms with E-state index in [9.17, 15) is 9.59 Å². The molecule has 1 aromatic rings. The molecule has 0 aliphatic carbocycles. The number of aromatic nitrogens is 1. The van der Waals surface area contributed by atoms with Crippen LogP contribution in [-0.4, -0.2) is 12.2 Å². The molecule has 0 atom stereocenters. The minimum Gasteiger partial charge on any atom is -0.299 e. The zero-order valence-electron chi connectivity index (χ0n) is 7.86. The van der Waals surface area contributed by atoms with E-state index in [1.54, 1.807) is 16.8 Å². The molecule has 0 unspecified atom stereocenters. The Kier molecular flexibility index (Phi) is 3.60. The normalized spacial score (nSPS) is 9.21. The first-order chi connectivity index (χ1) is 6.74.